The van der Waals surface area contributed by atoms with E-state index in [-0.39, 0.29) is 11.9 Å². The molecule has 0 aromatic heterocycles. The second-order valence-corrected chi connectivity index (χ2v) is 4.24. The number of benzene rings is 1. The molecule has 0 aliphatic rings. The second kappa shape index (κ2) is 6.84. The van der Waals surface area contributed by atoms with Crippen molar-refractivity contribution in [3.05, 3.63) is 34.6 Å². The third-order valence-electron chi connectivity index (χ3n) is 2.42. The lowest BCUT2D eigenvalue weighted by molar-refractivity contribution is 0.190. The van der Waals surface area contributed by atoms with Crippen LogP contribution >= 0.6 is 11.6 Å². The largest absolute Gasteiger partial charge is 0.385 e. The van der Waals surface area contributed by atoms with Crippen LogP contribution in [-0.4, -0.2) is 19.8 Å². The number of ether oxygens (including phenoxy) is 1. The number of hydrogen-bond acceptors (Lipinski definition) is 2. The molecular formula is C12H17ClFNO. The molecule has 0 amide bonds. The van der Waals surface area contributed by atoms with Gasteiger partial charge in [0.25, 0.3) is 0 Å². The molecule has 2 N–H and O–H groups in total. The van der Waals surface area contributed by atoms with Crippen molar-refractivity contribution >= 4 is 11.6 Å². The van der Waals surface area contributed by atoms with Gasteiger partial charge >= 0.3 is 0 Å². The van der Waals surface area contributed by atoms with E-state index in [0.717, 1.165) is 18.4 Å². The SMILES string of the molecule is COCCCC(N)Cc1ccc(F)cc1Cl. The standard InChI is InChI=1S/C12H17ClFNO/c1-16-6-2-3-11(15)7-9-4-5-10(14)8-12(9)13/h4-5,8,11H,2-3,6-7,15H2,1H3. The minimum Gasteiger partial charge on any atom is -0.385 e. The third-order valence-corrected chi connectivity index (χ3v) is 2.77. The highest BCUT2D eigenvalue weighted by atomic mass is 35.5. The summed E-state index contributed by atoms with van der Waals surface area (Å²) in [5, 5.41) is 0.446. The molecule has 0 bridgehead atoms. The van der Waals surface area contributed by atoms with E-state index in [1.54, 1.807) is 13.2 Å². The Bertz CT molecular complexity index is 333. The number of hydrogen-bond donors (Lipinski definition) is 1. The summed E-state index contributed by atoms with van der Waals surface area (Å²) in [6, 6.07) is 4.45. The summed E-state index contributed by atoms with van der Waals surface area (Å²) in [5.74, 6) is -0.318. The first-order chi connectivity index (χ1) is 7.63. The van der Waals surface area contributed by atoms with Crippen LogP contribution in [-0.2, 0) is 11.2 Å². The van der Waals surface area contributed by atoms with Crippen molar-refractivity contribution in [2.75, 3.05) is 13.7 Å². The van der Waals surface area contributed by atoms with E-state index in [9.17, 15) is 4.39 Å². The predicted octanol–water partition coefficient (Wildman–Crippen LogP) is 2.78. The highest BCUT2D eigenvalue weighted by molar-refractivity contribution is 6.31. The molecule has 0 aliphatic carbocycles. The van der Waals surface area contributed by atoms with Gasteiger partial charge < -0.3 is 10.5 Å². The summed E-state index contributed by atoms with van der Waals surface area (Å²) in [6.45, 7) is 0.713. The van der Waals surface area contributed by atoms with Crippen LogP contribution in [0, 0.1) is 5.82 Å². The first kappa shape index (κ1) is 13.4. The van der Waals surface area contributed by atoms with Crippen LogP contribution in [0.3, 0.4) is 0 Å². The molecule has 0 heterocycles. The van der Waals surface area contributed by atoms with Crippen molar-refractivity contribution in [2.24, 2.45) is 5.73 Å². The van der Waals surface area contributed by atoms with E-state index in [2.05, 4.69) is 0 Å². The van der Waals surface area contributed by atoms with Crippen LogP contribution in [0.2, 0.25) is 5.02 Å². The van der Waals surface area contributed by atoms with E-state index >= 15 is 0 Å². The third kappa shape index (κ3) is 4.47. The molecule has 0 radical (unpaired) electrons. The maximum absolute atomic E-state index is 12.8. The van der Waals surface area contributed by atoms with Gasteiger partial charge in [-0.3, -0.25) is 0 Å². The van der Waals surface area contributed by atoms with Crippen molar-refractivity contribution in [1.29, 1.82) is 0 Å². The Morgan fingerprint density at radius 1 is 1.50 bits per heavy atom. The van der Waals surface area contributed by atoms with Gasteiger partial charge in [-0.2, -0.15) is 0 Å². The highest BCUT2D eigenvalue weighted by Crippen LogP contribution is 2.19. The Hall–Kier alpha value is -0.640. The van der Waals surface area contributed by atoms with E-state index in [0.29, 0.717) is 18.1 Å². The number of halogens is 2. The lowest BCUT2D eigenvalue weighted by Gasteiger charge is -2.12. The minimum absolute atomic E-state index is 0.0399. The van der Waals surface area contributed by atoms with Gasteiger partial charge in [0.15, 0.2) is 0 Å². The Morgan fingerprint density at radius 3 is 2.88 bits per heavy atom. The van der Waals surface area contributed by atoms with Crippen molar-refractivity contribution in [3.63, 3.8) is 0 Å². The van der Waals surface area contributed by atoms with Crippen LogP contribution < -0.4 is 5.73 Å². The van der Waals surface area contributed by atoms with E-state index < -0.39 is 0 Å². The predicted molar refractivity (Wildman–Crippen MR) is 64.2 cm³/mol. The molecule has 2 nitrogen and oxygen atoms in total. The molecule has 4 heteroatoms. The van der Waals surface area contributed by atoms with Gasteiger partial charge in [0, 0.05) is 24.8 Å². The fraction of sp³-hybridized carbons (Fsp3) is 0.500. The molecule has 0 aliphatic heterocycles. The zero-order valence-electron chi connectivity index (χ0n) is 9.38. The summed E-state index contributed by atoms with van der Waals surface area (Å²) in [4.78, 5) is 0. The van der Waals surface area contributed by atoms with E-state index in [1.807, 2.05) is 0 Å². The Morgan fingerprint density at radius 2 is 2.25 bits per heavy atom. The fourth-order valence-electron chi connectivity index (χ4n) is 1.56. The van der Waals surface area contributed by atoms with Crippen LogP contribution in [0.1, 0.15) is 18.4 Å². The van der Waals surface area contributed by atoms with E-state index in [1.165, 1.54) is 12.1 Å². The number of nitrogens with two attached hydrogens (primary N) is 1. The monoisotopic (exact) mass is 245 g/mol. The lowest BCUT2D eigenvalue weighted by atomic mass is 10.0. The van der Waals surface area contributed by atoms with Crippen LogP contribution in [0.25, 0.3) is 0 Å². The van der Waals surface area contributed by atoms with Crippen LogP contribution in [0.15, 0.2) is 18.2 Å². The van der Waals surface area contributed by atoms with Crippen molar-refractivity contribution < 1.29 is 9.13 Å². The van der Waals surface area contributed by atoms with Gasteiger partial charge in [0.2, 0.25) is 0 Å². The minimum atomic E-state index is -0.318. The summed E-state index contributed by atoms with van der Waals surface area (Å²) in [6.07, 6.45) is 2.47. The zero-order valence-corrected chi connectivity index (χ0v) is 10.1. The normalized spacial score (nSPS) is 12.8. The van der Waals surface area contributed by atoms with Gasteiger partial charge in [-0.1, -0.05) is 17.7 Å². The first-order valence-electron chi connectivity index (χ1n) is 5.32. The van der Waals surface area contributed by atoms with Gasteiger partial charge in [-0.25, -0.2) is 4.39 Å². The molecule has 0 fully saturated rings. The average Bonchev–Trinajstić information content (AvgIpc) is 2.23. The molecule has 1 rings (SSSR count). The molecule has 90 valence electrons. The van der Waals surface area contributed by atoms with Gasteiger partial charge in [-0.05, 0) is 37.0 Å². The van der Waals surface area contributed by atoms with Crippen molar-refractivity contribution in [1.82, 2.24) is 0 Å². The highest BCUT2D eigenvalue weighted by Gasteiger charge is 2.07. The second-order valence-electron chi connectivity index (χ2n) is 3.83. The van der Waals surface area contributed by atoms with E-state index in [4.69, 9.17) is 22.1 Å². The molecule has 0 saturated heterocycles. The first-order valence-corrected chi connectivity index (χ1v) is 5.69. The van der Waals surface area contributed by atoms with Crippen molar-refractivity contribution in [3.8, 4) is 0 Å². The maximum Gasteiger partial charge on any atom is 0.124 e. The lowest BCUT2D eigenvalue weighted by Crippen LogP contribution is -2.23. The Labute approximate surface area is 101 Å². The number of rotatable bonds is 6. The molecule has 1 atom stereocenters. The van der Waals surface area contributed by atoms with Crippen LogP contribution in [0.4, 0.5) is 4.39 Å². The van der Waals surface area contributed by atoms with Crippen LogP contribution in [0.5, 0.6) is 0 Å². The zero-order chi connectivity index (χ0) is 12.0. The maximum atomic E-state index is 12.8. The summed E-state index contributed by atoms with van der Waals surface area (Å²) < 4.78 is 17.8. The van der Waals surface area contributed by atoms with Gasteiger partial charge in [0.05, 0.1) is 0 Å². The summed E-state index contributed by atoms with van der Waals surface area (Å²) in [5.41, 5.74) is 6.84. The van der Waals surface area contributed by atoms with Gasteiger partial charge in [-0.15, -0.1) is 0 Å². The molecule has 1 unspecified atom stereocenters. The molecule has 0 saturated carbocycles. The molecular weight excluding hydrogens is 229 g/mol. The smallest absolute Gasteiger partial charge is 0.124 e. The van der Waals surface area contributed by atoms with Crippen molar-refractivity contribution in [2.45, 2.75) is 25.3 Å². The Balaban J connectivity index is 2.46. The average molecular weight is 246 g/mol. The molecule has 0 spiro atoms. The molecule has 1 aromatic rings. The Kier molecular flexibility index (Phi) is 5.74. The topological polar surface area (TPSA) is 35.2 Å². The molecule has 16 heavy (non-hydrogen) atoms. The van der Waals surface area contributed by atoms with Gasteiger partial charge in [0.1, 0.15) is 5.82 Å². The number of methoxy groups -OCH3 is 1. The summed E-state index contributed by atoms with van der Waals surface area (Å²) in [7, 11) is 1.67. The quantitative estimate of drug-likeness (QED) is 0.783. The summed E-state index contributed by atoms with van der Waals surface area (Å²) >= 11 is 5.91. The fourth-order valence-corrected chi connectivity index (χ4v) is 1.81. The molecule has 1 aromatic carbocycles.